The molecule has 1 heterocycles. The van der Waals surface area contributed by atoms with Crippen molar-refractivity contribution in [2.45, 2.75) is 71.1 Å². The average Bonchev–Trinajstić information content (AvgIpc) is 2.89. The molecular formula is C27H35F3N2. The number of alkyl halides is 3. The number of hydrogen-bond acceptors (Lipinski definition) is 2. The van der Waals surface area contributed by atoms with Gasteiger partial charge < -0.3 is 5.32 Å². The number of halogens is 3. The molecule has 0 saturated carbocycles. The van der Waals surface area contributed by atoms with Crippen LogP contribution < -0.4 is 5.32 Å². The van der Waals surface area contributed by atoms with Crippen LogP contribution in [0.1, 0.15) is 79.8 Å². The van der Waals surface area contributed by atoms with E-state index in [9.17, 15) is 13.2 Å². The van der Waals surface area contributed by atoms with E-state index in [2.05, 4.69) is 42.3 Å². The summed E-state index contributed by atoms with van der Waals surface area (Å²) in [6.07, 6.45) is 3.75. The molecule has 1 aliphatic heterocycles. The molecule has 5 heteroatoms. The van der Waals surface area contributed by atoms with Gasteiger partial charge in [-0.05, 0) is 61.7 Å². The van der Waals surface area contributed by atoms with Crippen LogP contribution in [0.2, 0.25) is 0 Å². The first-order valence-corrected chi connectivity index (χ1v) is 11.7. The van der Waals surface area contributed by atoms with Gasteiger partial charge in [-0.15, -0.1) is 0 Å². The Morgan fingerprint density at radius 1 is 1.06 bits per heavy atom. The van der Waals surface area contributed by atoms with E-state index in [4.69, 9.17) is 0 Å². The summed E-state index contributed by atoms with van der Waals surface area (Å²) in [6.45, 7) is 6.93. The zero-order valence-corrected chi connectivity index (χ0v) is 19.6. The van der Waals surface area contributed by atoms with E-state index in [0.29, 0.717) is 18.2 Å². The molecule has 0 radical (unpaired) electrons. The van der Waals surface area contributed by atoms with Crippen LogP contribution in [-0.2, 0) is 6.18 Å². The van der Waals surface area contributed by atoms with Gasteiger partial charge in [0.15, 0.2) is 0 Å². The van der Waals surface area contributed by atoms with Crippen molar-refractivity contribution in [2.24, 2.45) is 0 Å². The Bertz CT molecular complexity index is 933. The first-order chi connectivity index (χ1) is 15.3. The lowest BCUT2D eigenvalue weighted by Gasteiger charge is -2.29. The number of aryl methyl sites for hydroxylation is 1. The number of nitrogens with one attached hydrogen (secondary N) is 1. The van der Waals surface area contributed by atoms with Crippen molar-refractivity contribution in [3.8, 4) is 0 Å². The zero-order valence-electron chi connectivity index (χ0n) is 19.6. The van der Waals surface area contributed by atoms with E-state index in [1.807, 2.05) is 19.2 Å². The fourth-order valence-corrected chi connectivity index (χ4v) is 4.61. The maximum absolute atomic E-state index is 13.2. The molecular weight excluding hydrogens is 409 g/mol. The van der Waals surface area contributed by atoms with Crippen LogP contribution in [0, 0.1) is 6.92 Å². The number of hydrogen-bond donors (Lipinski definition) is 1. The topological polar surface area (TPSA) is 15.3 Å². The summed E-state index contributed by atoms with van der Waals surface area (Å²) in [7, 11) is 2.04. The molecule has 2 unspecified atom stereocenters. The van der Waals surface area contributed by atoms with Crippen molar-refractivity contribution in [2.75, 3.05) is 13.6 Å². The quantitative estimate of drug-likeness (QED) is 0.429. The molecule has 2 nitrogen and oxygen atoms in total. The molecule has 1 N–H and O–H groups in total. The second kappa shape index (κ2) is 10.6. The van der Waals surface area contributed by atoms with Gasteiger partial charge >= 0.3 is 6.18 Å². The van der Waals surface area contributed by atoms with Gasteiger partial charge in [-0.2, -0.15) is 13.2 Å². The van der Waals surface area contributed by atoms with E-state index in [-0.39, 0.29) is 6.04 Å². The molecule has 0 fully saturated rings. The second-order valence-corrected chi connectivity index (χ2v) is 8.86. The summed E-state index contributed by atoms with van der Waals surface area (Å²) in [4.78, 5) is 2.21. The van der Waals surface area contributed by atoms with E-state index in [0.717, 1.165) is 35.2 Å². The Balaban J connectivity index is 1.96. The number of likely N-dealkylation sites (N-methyl/N-ethyl adjacent to an activating group) is 1. The van der Waals surface area contributed by atoms with Gasteiger partial charge in [-0.3, -0.25) is 4.90 Å². The van der Waals surface area contributed by atoms with Crippen LogP contribution in [-0.4, -0.2) is 24.5 Å². The average molecular weight is 445 g/mol. The lowest BCUT2D eigenvalue weighted by molar-refractivity contribution is -0.137. The first kappa shape index (κ1) is 24.4. The Kier molecular flexibility index (Phi) is 8.05. The van der Waals surface area contributed by atoms with E-state index in [1.54, 1.807) is 13.0 Å². The standard InChI is InChI=1S/C27H35F3N2/c1-5-7-8-11-21(6-2)31-25-16-17-32(4)26(24-13-10-9-12-23(24)25)22-15-14-20(18-19(22)3)27(28,29)30/h9-10,12-16,18,21,26,31H,5-8,11,17H2,1-4H3. The molecule has 3 rings (SSSR count). The number of fused-ring (bicyclic) bond motifs is 1. The molecule has 0 aliphatic carbocycles. The smallest absolute Gasteiger partial charge is 0.382 e. The van der Waals surface area contributed by atoms with E-state index >= 15 is 0 Å². The SMILES string of the molecule is CCCCCC(CC)NC1=CCN(C)C(c2ccc(C(F)(F)F)cc2C)c2ccccc21. The number of benzene rings is 2. The zero-order chi connectivity index (χ0) is 23.3. The third-order valence-electron chi connectivity index (χ3n) is 6.47. The third-order valence-corrected chi connectivity index (χ3v) is 6.47. The maximum atomic E-state index is 13.2. The Morgan fingerprint density at radius 2 is 1.81 bits per heavy atom. The molecule has 2 atom stereocenters. The van der Waals surface area contributed by atoms with E-state index < -0.39 is 11.7 Å². The molecule has 1 aliphatic rings. The monoisotopic (exact) mass is 444 g/mol. The molecule has 0 aromatic heterocycles. The minimum atomic E-state index is -4.33. The summed E-state index contributed by atoms with van der Waals surface area (Å²) < 4.78 is 39.6. The first-order valence-electron chi connectivity index (χ1n) is 11.7. The molecule has 32 heavy (non-hydrogen) atoms. The van der Waals surface area contributed by atoms with Crippen molar-refractivity contribution >= 4 is 5.70 Å². The molecule has 0 bridgehead atoms. The third kappa shape index (κ3) is 5.55. The summed E-state index contributed by atoms with van der Waals surface area (Å²) in [5, 5.41) is 3.78. The Labute approximate surface area is 190 Å². The van der Waals surface area contributed by atoms with Crippen molar-refractivity contribution < 1.29 is 13.2 Å². The van der Waals surface area contributed by atoms with Crippen LogP contribution in [0.15, 0.2) is 48.5 Å². The second-order valence-electron chi connectivity index (χ2n) is 8.86. The lowest BCUT2D eigenvalue weighted by Crippen LogP contribution is -2.27. The Hall–Kier alpha value is -2.27. The normalized spacial score (nSPS) is 18.0. The molecule has 2 aromatic carbocycles. The predicted molar refractivity (Wildman–Crippen MR) is 126 cm³/mol. The highest BCUT2D eigenvalue weighted by molar-refractivity contribution is 5.69. The molecule has 174 valence electrons. The van der Waals surface area contributed by atoms with Gasteiger partial charge in [0, 0.05) is 23.8 Å². The van der Waals surface area contributed by atoms with Gasteiger partial charge in [0.1, 0.15) is 0 Å². The molecule has 2 aromatic rings. The summed E-state index contributed by atoms with van der Waals surface area (Å²) in [5.74, 6) is 0. The summed E-state index contributed by atoms with van der Waals surface area (Å²) in [5.41, 5.74) is 4.36. The van der Waals surface area contributed by atoms with Crippen LogP contribution in [0.3, 0.4) is 0 Å². The van der Waals surface area contributed by atoms with Crippen molar-refractivity contribution in [3.63, 3.8) is 0 Å². The van der Waals surface area contributed by atoms with Gasteiger partial charge in [-0.1, -0.05) is 63.4 Å². The number of unbranched alkanes of at least 4 members (excludes halogenated alkanes) is 2. The van der Waals surface area contributed by atoms with Crippen LogP contribution in [0.25, 0.3) is 5.70 Å². The van der Waals surface area contributed by atoms with Gasteiger partial charge in [0.2, 0.25) is 0 Å². The van der Waals surface area contributed by atoms with Gasteiger partial charge in [0.05, 0.1) is 11.6 Å². The van der Waals surface area contributed by atoms with Crippen LogP contribution in [0.5, 0.6) is 0 Å². The van der Waals surface area contributed by atoms with Crippen LogP contribution >= 0.6 is 0 Å². The minimum Gasteiger partial charge on any atom is -0.382 e. The number of rotatable bonds is 8. The highest BCUT2D eigenvalue weighted by atomic mass is 19.4. The molecule has 0 amide bonds. The lowest BCUT2D eigenvalue weighted by atomic mass is 9.89. The Morgan fingerprint density at radius 3 is 2.47 bits per heavy atom. The van der Waals surface area contributed by atoms with Crippen LogP contribution in [0.4, 0.5) is 13.2 Å². The van der Waals surface area contributed by atoms with E-state index in [1.165, 1.54) is 31.4 Å². The molecule has 0 spiro atoms. The fourth-order valence-electron chi connectivity index (χ4n) is 4.61. The highest BCUT2D eigenvalue weighted by Gasteiger charge is 2.32. The largest absolute Gasteiger partial charge is 0.416 e. The highest BCUT2D eigenvalue weighted by Crippen LogP contribution is 2.38. The maximum Gasteiger partial charge on any atom is 0.416 e. The summed E-state index contributed by atoms with van der Waals surface area (Å²) >= 11 is 0. The van der Waals surface area contributed by atoms with Crippen molar-refractivity contribution in [3.05, 3.63) is 76.4 Å². The molecule has 0 saturated heterocycles. The van der Waals surface area contributed by atoms with Crippen molar-refractivity contribution in [1.82, 2.24) is 10.2 Å². The number of nitrogens with zero attached hydrogens (tertiary/aromatic N) is 1. The van der Waals surface area contributed by atoms with Gasteiger partial charge in [0.25, 0.3) is 0 Å². The summed E-state index contributed by atoms with van der Waals surface area (Å²) in [6, 6.07) is 12.7. The van der Waals surface area contributed by atoms with Gasteiger partial charge in [-0.25, -0.2) is 0 Å². The fraction of sp³-hybridized carbons (Fsp3) is 0.481. The minimum absolute atomic E-state index is 0.107. The van der Waals surface area contributed by atoms with Crippen molar-refractivity contribution in [1.29, 1.82) is 0 Å². The predicted octanol–water partition coefficient (Wildman–Crippen LogP) is 7.34.